The quantitative estimate of drug-likeness (QED) is 0.268. The van der Waals surface area contributed by atoms with Gasteiger partial charge in [-0.15, -0.1) is 11.3 Å². The van der Waals surface area contributed by atoms with Crippen LogP contribution in [-0.2, 0) is 4.79 Å². The second kappa shape index (κ2) is 8.69. The smallest absolute Gasteiger partial charge is 0.328 e. The van der Waals surface area contributed by atoms with Crippen LogP contribution in [-0.4, -0.2) is 22.0 Å². The largest absolute Gasteiger partial charge is 0.508 e. The van der Waals surface area contributed by atoms with Crippen molar-refractivity contribution in [3.8, 4) is 17.2 Å². The number of ketones is 1. The number of phenolic OH excluding ortho intramolecular Hbond substituents is 1. The summed E-state index contributed by atoms with van der Waals surface area (Å²) in [5, 5.41) is 19.4. The topological polar surface area (TPSA) is 83.8 Å². The summed E-state index contributed by atoms with van der Waals surface area (Å²) in [6.45, 7) is 3.89. The summed E-state index contributed by atoms with van der Waals surface area (Å²) in [5.74, 6) is -0.0961. The Morgan fingerprint density at radius 1 is 0.969 bits per heavy atom. The van der Waals surface area contributed by atoms with Gasteiger partial charge < -0.3 is 14.9 Å². The molecule has 0 bridgehead atoms. The standard InChI is InChI=1S/C26H20O5S/c1-15-3-10-20(16(2)13-15)24(30)26-25(21-11-7-18(27)14-22(21)32-26)31-19-8-4-17(5-9-19)6-12-23(28)29/h3-14,27H,1-2H3,(H,28,29)/b12-6+. The number of fused-ring (bicyclic) bond motifs is 1. The van der Waals surface area contributed by atoms with Crippen LogP contribution in [0, 0.1) is 13.8 Å². The minimum atomic E-state index is -1.02. The van der Waals surface area contributed by atoms with Crippen LogP contribution in [0.2, 0.25) is 0 Å². The molecule has 0 atom stereocenters. The van der Waals surface area contributed by atoms with Gasteiger partial charge in [-0.05, 0) is 61.4 Å². The van der Waals surface area contributed by atoms with Gasteiger partial charge in [-0.25, -0.2) is 4.79 Å². The van der Waals surface area contributed by atoms with Crippen LogP contribution in [0.15, 0.2) is 66.7 Å². The zero-order valence-electron chi connectivity index (χ0n) is 17.5. The molecule has 0 unspecified atom stereocenters. The van der Waals surface area contributed by atoms with Gasteiger partial charge in [0.1, 0.15) is 16.4 Å². The number of carboxylic acid groups (broad SMARTS) is 1. The summed E-state index contributed by atoms with van der Waals surface area (Å²) in [4.78, 5) is 24.6. The molecular formula is C26H20O5S. The van der Waals surface area contributed by atoms with Crippen molar-refractivity contribution in [1.29, 1.82) is 0 Å². The molecule has 0 radical (unpaired) electrons. The SMILES string of the molecule is Cc1ccc(C(=O)c2sc3cc(O)ccc3c2Oc2ccc(/C=C/C(=O)O)cc2)c(C)c1. The molecular weight excluding hydrogens is 424 g/mol. The Morgan fingerprint density at radius 2 is 1.72 bits per heavy atom. The van der Waals surface area contributed by atoms with E-state index in [-0.39, 0.29) is 11.5 Å². The average molecular weight is 445 g/mol. The van der Waals surface area contributed by atoms with E-state index in [1.165, 1.54) is 17.4 Å². The molecule has 0 fully saturated rings. The first kappa shape index (κ1) is 21.3. The van der Waals surface area contributed by atoms with E-state index < -0.39 is 5.97 Å². The summed E-state index contributed by atoms with van der Waals surface area (Å²) in [7, 11) is 0. The molecule has 5 nitrogen and oxygen atoms in total. The summed E-state index contributed by atoms with van der Waals surface area (Å²) in [6.07, 6.45) is 2.55. The van der Waals surface area contributed by atoms with Crippen molar-refractivity contribution in [1.82, 2.24) is 0 Å². The molecule has 0 saturated heterocycles. The van der Waals surface area contributed by atoms with Crippen molar-refractivity contribution in [2.24, 2.45) is 0 Å². The van der Waals surface area contributed by atoms with Crippen molar-refractivity contribution in [3.05, 3.63) is 93.9 Å². The number of carbonyl (C=O) groups excluding carboxylic acids is 1. The lowest BCUT2D eigenvalue weighted by atomic mass is 10.0. The molecule has 2 N–H and O–H groups in total. The maximum atomic E-state index is 13.5. The second-order valence-electron chi connectivity index (χ2n) is 7.43. The number of hydrogen-bond acceptors (Lipinski definition) is 5. The predicted octanol–water partition coefficient (Wildman–Crippen LogP) is 6.34. The van der Waals surface area contributed by atoms with Gasteiger partial charge >= 0.3 is 5.97 Å². The Hall–Kier alpha value is -3.90. The molecule has 0 aliphatic heterocycles. The first-order chi connectivity index (χ1) is 15.3. The van der Waals surface area contributed by atoms with E-state index in [9.17, 15) is 14.7 Å². The van der Waals surface area contributed by atoms with Crippen LogP contribution < -0.4 is 4.74 Å². The second-order valence-corrected chi connectivity index (χ2v) is 8.48. The molecule has 160 valence electrons. The van der Waals surface area contributed by atoms with Crippen LogP contribution in [0.25, 0.3) is 16.2 Å². The third-order valence-corrected chi connectivity index (χ3v) is 6.11. The van der Waals surface area contributed by atoms with Gasteiger partial charge in [-0.3, -0.25) is 4.79 Å². The van der Waals surface area contributed by atoms with E-state index in [2.05, 4.69) is 0 Å². The fourth-order valence-corrected chi connectivity index (χ4v) is 4.55. The number of ether oxygens (including phenoxy) is 1. The zero-order chi connectivity index (χ0) is 22.8. The lowest BCUT2D eigenvalue weighted by Gasteiger charge is -2.09. The van der Waals surface area contributed by atoms with Crippen molar-refractivity contribution >= 4 is 39.3 Å². The highest BCUT2D eigenvalue weighted by Gasteiger charge is 2.23. The molecule has 32 heavy (non-hydrogen) atoms. The number of aromatic hydroxyl groups is 1. The molecule has 1 aromatic heterocycles. The molecule has 0 amide bonds. The summed E-state index contributed by atoms with van der Waals surface area (Å²) in [6, 6.07) is 17.5. The Balaban J connectivity index is 1.76. The van der Waals surface area contributed by atoms with Gasteiger partial charge in [-0.2, -0.15) is 0 Å². The average Bonchev–Trinajstić information content (AvgIpc) is 3.10. The normalized spacial score (nSPS) is 11.2. The molecule has 3 aromatic carbocycles. The number of thiophene rings is 1. The predicted molar refractivity (Wildman–Crippen MR) is 126 cm³/mol. The number of carbonyl (C=O) groups is 2. The van der Waals surface area contributed by atoms with Crippen LogP contribution in [0.3, 0.4) is 0 Å². The van der Waals surface area contributed by atoms with Crippen LogP contribution >= 0.6 is 11.3 Å². The Bertz CT molecular complexity index is 1360. The first-order valence-corrected chi connectivity index (χ1v) is 10.7. The van der Waals surface area contributed by atoms with Gasteiger partial charge in [0.25, 0.3) is 0 Å². The summed E-state index contributed by atoms with van der Waals surface area (Å²) >= 11 is 1.28. The molecule has 1 heterocycles. The summed E-state index contributed by atoms with van der Waals surface area (Å²) < 4.78 is 6.90. The maximum Gasteiger partial charge on any atom is 0.328 e. The highest BCUT2D eigenvalue weighted by Crippen LogP contribution is 2.43. The lowest BCUT2D eigenvalue weighted by molar-refractivity contribution is -0.131. The van der Waals surface area contributed by atoms with Crippen LogP contribution in [0.5, 0.6) is 17.2 Å². The number of carboxylic acids is 1. The molecule has 4 aromatic rings. The van der Waals surface area contributed by atoms with Gasteiger partial charge in [0.15, 0.2) is 5.75 Å². The fourth-order valence-electron chi connectivity index (χ4n) is 3.44. The molecule has 0 aliphatic carbocycles. The van der Waals surface area contributed by atoms with Crippen molar-refractivity contribution in [3.63, 3.8) is 0 Å². The number of aryl methyl sites for hydroxylation is 2. The molecule has 4 rings (SSSR count). The first-order valence-electron chi connectivity index (χ1n) is 9.88. The van der Waals surface area contributed by atoms with E-state index in [4.69, 9.17) is 9.84 Å². The fraction of sp³-hybridized carbons (Fsp3) is 0.0769. The summed E-state index contributed by atoms with van der Waals surface area (Å²) in [5.41, 5.74) is 3.28. The Labute approximate surface area is 188 Å². The highest BCUT2D eigenvalue weighted by atomic mass is 32.1. The lowest BCUT2D eigenvalue weighted by Crippen LogP contribution is -2.03. The van der Waals surface area contributed by atoms with Crippen molar-refractivity contribution < 1.29 is 24.5 Å². The van der Waals surface area contributed by atoms with E-state index in [1.54, 1.807) is 42.5 Å². The van der Waals surface area contributed by atoms with E-state index in [1.807, 2.05) is 32.0 Å². The third kappa shape index (κ3) is 4.40. The molecule has 0 saturated carbocycles. The van der Waals surface area contributed by atoms with Gasteiger partial charge in [-0.1, -0.05) is 35.9 Å². The van der Waals surface area contributed by atoms with Gasteiger partial charge in [0, 0.05) is 21.7 Å². The number of rotatable bonds is 6. The number of hydrogen-bond donors (Lipinski definition) is 2. The van der Waals surface area contributed by atoms with Crippen LogP contribution in [0.1, 0.15) is 31.9 Å². The number of benzene rings is 3. The van der Waals surface area contributed by atoms with Gasteiger partial charge in [0.2, 0.25) is 5.78 Å². The van der Waals surface area contributed by atoms with E-state index in [0.717, 1.165) is 27.3 Å². The van der Waals surface area contributed by atoms with Gasteiger partial charge in [0.05, 0.1) is 0 Å². The monoisotopic (exact) mass is 444 g/mol. The molecule has 6 heteroatoms. The molecule has 0 aliphatic rings. The minimum Gasteiger partial charge on any atom is -0.508 e. The molecule has 0 spiro atoms. The maximum absolute atomic E-state index is 13.5. The minimum absolute atomic E-state index is 0.116. The van der Waals surface area contributed by atoms with E-state index >= 15 is 0 Å². The third-order valence-electron chi connectivity index (χ3n) is 4.98. The zero-order valence-corrected chi connectivity index (χ0v) is 18.3. The van der Waals surface area contributed by atoms with Crippen molar-refractivity contribution in [2.45, 2.75) is 13.8 Å². The van der Waals surface area contributed by atoms with Crippen LogP contribution in [0.4, 0.5) is 0 Å². The van der Waals surface area contributed by atoms with E-state index in [0.29, 0.717) is 27.5 Å². The Morgan fingerprint density at radius 3 is 2.41 bits per heavy atom. The Kier molecular flexibility index (Phi) is 5.79. The number of phenols is 1. The van der Waals surface area contributed by atoms with Crippen molar-refractivity contribution in [2.75, 3.05) is 0 Å². The highest BCUT2D eigenvalue weighted by molar-refractivity contribution is 7.21. The number of aliphatic carboxylic acids is 1.